The Balaban J connectivity index is 1.71. The summed E-state index contributed by atoms with van der Waals surface area (Å²) in [6.45, 7) is 1.67. The zero-order chi connectivity index (χ0) is 19.6. The summed E-state index contributed by atoms with van der Waals surface area (Å²) in [6, 6.07) is 13.1. The summed E-state index contributed by atoms with van der Waals surface area (Å²) < 4.78 is 10.9. The van der Waals surface area contributed by atoms with Crippen LogP contribution in [0.4, 0.5) is 5.69 Å². The Morgan fingerprint density at radius 1 is 1.04 bits per heavy atom. The fourth-order valence-electron chi connectivity index (χ4n) is 2.11. The van der Waals surface area contributed by atoms with Crippen LogP contribution in [0.15, 0.2) is 48.5 Å². The van der Waals surface area contributed by atoms with E-state index < -0.39 is 4.92 Å². The molecule has 27 heavy (non-hydrogen) atoms. The molecule has 8 heteroatoms. The van der Waals surface area contributed by atoms with Crippen molar-refractivity contribution >= 4 is 11.6 Å². The Morgan fingerprint density at radius 2 is 1.63 bits per heavy atom. The molecule has 0 atom stereocenters. The first kappa shape index (κ1) is 20.2. The monoisotopic (exact) mass is 373 g/mol. The first-order valence-corrected chi connectivity index (χ1v) is 8.44. The number of amides is 1. The SMILES string of the molecule is CN(C)CCOc1ccc(CNC(=O)COc2ccc([N+](=O)[O-])cc2)cc1. The van der Waals surface area contributed by atoms with Crippen LogP contribution in [-0.4, -0.2) is 49.6 Å². The highest BCUT2D eigenvalue weighted by atomic mass is 16.6. The van der Waals surface area contributed by atoms with E-state index in [0.29, 0.717) is 18.9 Å². The van der Waals surface area contributed by atoms with Gasteiger partial charge < -0.3 is 19.7 Å². The molecule has 0 heterocycles. The van der Waals surface area contributed by atoms with Crippen molar-refractivity contribution in [1.29, 1.82) is 0 Å². The van der Waals surface area contributed by atoms with Crippen LogP contribution in [0.3, 0.4) is 0 Å². The van der Waals surface area contributed by atoms with E-state index in [-0.39, 0.29) is 18.2 Å². The zero-order valence-electron chi connectivity index (χ0n) is 15.4. The van der Waals surface area contributed by atoms with Gasteiger partial charge in [0.2, 0.25) is 0 Å². The molecule has 0 aliphatic rings. The van der Waals surface area contributed by atoms with Crippen molar-refractivity contribution in [3.8, 4) is 11.5 Å². The van der Waals surface area contributed by atoms with E-state index in [4.69, 9.17) is 9.47 Å². The molecule has 0 saturated carbocycles. The van der Waals surface area contributed by atoms with Crippen LogP contribution >= 0.6 is 0 Å². The zero-order valence-corrected chi connectivity index (χ0v) is 15.4. The molecule has 0 radical (unpaired) electrons. The predicted octanol–water partition coefficient (Wildman–Crippen LogP) is 2.23. The number of nitrogens with one attached hydrogen (secondary N) is 1. The largest absolute Gasteiger partial charge is 0.492 e. The number of hydrogen-bond donors (Lipinski definition) is 1. The third kappa shape index (κ3) is 7.33. The van der Waals surface area contributed by atoms with Gasteiger partial charge in [0.05, 0.1) is 4.92 Å². The van der Waals surface area contributed by atoms with Crippen LogP contribution < -0.4 is 14.8 Å². The summed E-state index contributed by atoms with van der Waals surface area (Å²) in [5.41, 5.74) is 0.916. The van der Waals surface area contributed by atoms with Gasteiger partial charge in [-0.15, -0.1) is 0 Å². The molecule has 2 rings (SSSR count). The highest BCUT2D eigenvalue weighted by molar-refractivity contribution is 5.77. The molecule has 1 amide bonds. The topological polar surface area (TPSA) is 93.9 Å². The fourth-order valence-corrected chi connectivity index (χ4v) is 2.11. The van der Waals surface area contributed by atoms with Crippen LogP contribution in [0.1, 0.15) is 5.56 Å². The van der Waals surface area contributed by atoms with Gasteiger partial charge in [0.25, 0.3) is 11.6 Å². The highest BCUT2D eigenvalue weighted by Gasteiger charge is 2.07. The van der Waals surface area contributed by atoms with Gasteiger partial charge >= 0.3 is 0 Å². The molecule has 2 aromatic carbocycles. The second-order valence-corrected chi connectivity index (χ2v) is 6.11. The predicted molar refractivity (Wildman–Crippen MR) is 101 cm³/mol. The second-order valence-electron chi connectivity index (χ2n) is 6.11. The van der Waals surface area contributed by atoms with Crippen molar-refractivity contribution in [2.45, 2.75) is 6.54 Å². The average Bonchev–Trinajstić information content (AvgIpc) is 2.65. The highest BCUT2D eigenvalue weighted by Crippen LogP contribution is 2.17. The molecule has 0 unspecified atom stereocenters. The molecular formula is C19H23N3O5. The lowest BCUT2D eigenvalue weighted by atomic mass is 10.2. The smallest absolute Gasteiger partial charge is 0.269 e. The molecule has 0 fully saturated rings. The number of benzene rings is 2. The van der Waals surface area contributed by atoms with Crippen LogP contribution in [0.2, 0.25) is 0 Å². The van der Waals surface area contributed by atoms with E-state index in [1.54, 1.807) is 0 Å². The van der Waals surface area contributed by atoms with Crippen molar-refractivity contribution in [3.05, 3.63) is 64.2 Å². The van der Waals surface area contributed by atoms with E-state index in [1.165, 1.54) is 24.3 Å². The van der Waals surface area contributed by atoms with Crippen LogP contribution in [-0.2, 0) is 11.3 Å². The number of nitro benzene ring substituents is 1. The van der Waals surface area contributed by atoms with E-state index in [9.17, 15) is 14.9 Å². The van der Waals surface area contributed by atoms with Gasteiger partial charge in [0, 0.05) is 25.2 Å². The number of hydrogen-bond acceptors (Lipinski definition) is 6. The number of ether oxygens (including phenoxy) is 2. The quantitative estimate of drug-likeness (QED) is 0.507. The van der Waals surface area contributed by atoms with Gasteiger partial charge in [-0.2, -0.15) is 0 Å². The Hall–Kier alpha value is -3.13. The van der Waals surface area contributed by atoms with Gasteiger partial charge in [-0.25, -0.2) is 0 Å². The number of nitro groups is 1. The molecule has 0 aliphatic carbocycles. The first-order chi connectivity index (χ1) is 12.9. The maximum atomic E-state index is 11.9. The lowest BCUT2D eigenvalue weighted by Crippen LogP contribution is -2.28. The maximum absolute atomic E-state index is 11.9. The van der Waals surface area contributed by atoms with E-state index >= 15 is 0 Å². The molecule has 1 N–H and O–H groups in total. The van der Waals surface area contributed by atoms with Gasteiger partial charge in [-0.3, -0.25) is 14.9 Å². The lowest BCUT2D eigenvalue weighted by molar-refractivity contribution is -0.384. The van der Waals surface area contributed by atoms with E-state index in [2.05, 4.69) is 5.32 Å². The van der Waals surface area contributed by atoms with Gasteiger partial charge in [-0.1, -0.05) is 12.1 Å². The molecule has 0 aromatic heterocycles. The molecule has 0 aliphatic heterocycles. The standard InChI is InChI=1S/C19H23N3O5/c1-21(2)11-12-26-17-7-3-15(4-8-17)13-20-19(23)14-27-18-9-5-16(6-10-18)22(24)25/h3-10H,11-14H2,1-2H3,(H,20,23). The van der Waals surface area contributed by atoms with E-state index in [1.807, 2.05) is 43.3 Å². The summed E-state index contributed by atoms with van der Waals surface area (Å²) in [4.78, 5) is 24.0. The molecule has 144 valence electrons. The summed E-state index contributed by atoms with van der Waals surface area (Å²) in [5, 5.41) is 13.3. The number of non-ortho nitro benzene ring substituents is 1. The Morgan fingerprint density at radius 3 is 2.22 bits per heavy atom. The van der Waals surface area contributed by atoms with Crippen molar-refractivity contribution in [1.82, 2.24) is 10.2 Å². The summed E-state index contributed by atoms with van der Waals surface area (Å²) in [6.07, 6.45) is 0. The van der Waals surface area contributed by atoms with Crippen molar-refractivity contribution in [2.24, 2.45) is 0 Å². The number of carbonyl (C=O) groups excluding carboxylic acids is 1. The maximum Gasteiger partial charge on any atom is 0.269 e. The third-order valence-corrected chi connectivity index (χ3v) is 3.64. The minimum atomic E-state index is -0.491. The molecular weight excluding hydrogens is 350 g/mol. The Kier molecular flexibility index (Phi) is 7.57. The summed E-state index contributed by atoms with van der Waals surface area (Å²) in [7, 11) is 3.97. The number of likely N-dealkylation sites (N-methyl/N-ethyl adjacent to an activating group) is 1. The Bertz CT molecular complexity index is 745. The third-order valence-electron chi connectivity index (χ3n) is 3.64. The van der Waals surface area contributed by atoms with Crippen LogP contribution in [0.25, 0.3) is 0 Å². The van der Waals surface area contributed by atoms with Crippen molar-refractivity contribution in [3.63, 3.8) is 0 Å². The summed E-state index contributed by atoms with van der Waals surface area (Å²) >= 11 is 0. The fraction of sp³-hybridized carbons (Fsp3) is 0.316. The number of nitrogens with zero attached hydrogens (tertiary/aromatic N) is 2. The Labute approximate surface area is 157 Å². The van der Waals surface area contributed by atoms with Gasteiger partial charge in [0.15, 0.2) is 6.61 Å². The molecule has 0 bridgehead atoms. The lowest BCUT2D eigenvalue weighted by Gasteiger charge is -2.11. The summed E-state index contributed by atoms with van der Waals surface area (Å²) in [5.74, 6) is 0.906. The molecule has 0 saturated heterocycles. The molecule has 0 spiro atoms. The van der Waals surface area contributed by atoms with Crippen molar-refractivity contribution < 1.29 is 19.2 Å². The van der Waals surface area contributed by atoms with Crippen LogP contribution in [0.5, 0.6) is 11.5 Å². The van der Waals surface area contributed by atoms with Crippen molar-refractivity contribution in [2.75, 3.05) is 33.9 Å². The van der Waals surface area contributed by atoms with E-state index in [0.717, 1.165) is 17.9 Å². The second kappa shape index (κ2) is 10.1. The number of rotatable bonds is 10. The molecule has 2 aromatic rings. The normalized spacial score (nSPS) is 10.5. The average molecular weight is 373 g/mol. The minimum absolute atomic E-state index is 0.0269. The van der Waals surface area contributed by atoms with Crippen LogP contribution in [0, 0.1) is 10.1 Å². The first-order valence-electron chi connectivity index (χ1n) is 8.44. The van der Waals surface area contributed by atoms with Gasteiger partial charge in [-0.05, 0) is 43.9 Å². The molecule has 8 nitrogen and oxygen atoms in total. The van der Waals surface area contributed by atoms with Gasteiger partial charge in [0.1, 0.15) is 18.1 Å². The minimum Gasteiger partial charge on any atom is -0.492 e. The number of carbonyl (C=O) groups is 1.